The van der Waals surface area contributed by atoms with Gasteiger partial charge >= 0.3 is 54.6 Å². The van der Waals surface area contributed by atoms with Crippen molar-refractivity contribution in [3.8, 4) is 0 Å². The summed E-state index contributed by atoms with van der Waals surface area (Å²) in [5.41, 5.74) is 4.72. The zero-order chi connectivity index (χ0) is 69.9. The molecule has 2 aliphatic rings. The quantitative estimate of drug-likeness (QED) is 0.00772. The van der Waals surface area contributed by atoms with E-state index in [1.807, 2.05) is 48.5 Å². The van der Waals surface area contributed by atoms with Gasteiger partial charge in [-0.25, -0.2) is 26.3 Å². The van der Waals surface area contributed by atoms with E-state index < -0.39 is 130 Å². The molecule has 2 heterocycles. The number of para-hydroxylation sites is 2. The normalized spacial score (nSPS) is 17.4. The molecule has 98 heavy (non-hydrogen) atoms. The Morgan fingerprint density at radius 1 is 0.531 bits per heavy atom. The first-order valence-corrected chi connectivity index (χ1v) is 37.8. The van der Waals surface area contributed by atoms with E-state index in [1.54, 1.807) is 73.1 Å². The Kier molecular flexibility index (Phi) is 31.6. The van der Waals surface area contributed by atoms with Gasteiger partial charge in [0.15, 0.2) is 11.4 Å². The standard InChI is InChI=1S/2C33H44N5O8PS.2Li/c2*1-48(45,46)38-26(15-7-10-18-34)28(39)37-33(43,20-22-11-3-2-4-12-22)30(47-44)32(16-8-9-17-32)31(42)36-27(29(40)41)19-23-21-35-25-14-6-5-13-24(23)25;;/h2*2-6,11-14,21,26-27,30,35,38,43H,7-10,15-20,34H2,1H3,(H,36,42)(H,37,39)(H,40,41);;/q;;2*+1/t2*26-,27-,30?,33+;;/m00../s1. The smallest absolute Gasteiger partial charge is 0.548 e. The van der Waals surface area contributed by atoms with E-state index in [9.17, 15) is 75.2 Å². The number of aromatic amines is 2. The van der Waals surface area contributed by atoms with Gasteiger partial charge < -0.3 is 72.7 Å². The van der Waals surface area contributed by atoms with Gasteiger partial charge in [-0.2, -0.15) is 0 Å². The van der Waals surface area contributed by atoms with Crippen molar-refractivity contribution < 1.29 is 113 Å². The molecular formula is C66H88Li2N10O16P2S2+2. The second-order valence-corrected chi connectivity index (χ2v) is 30.4. The number of carbonyl (C=O) groups excluding carboxylic acids is 6. The number of aliphatic hydroxyl groups is 2. The fourth-order valence-electron chi connectivity index (χ4n) is 13.5. The summed E-state index contributed by atoms with van der Waals surface area (Å²) < 4.78 is 79.9. The average molecular weight is 1420 g/mol. The van der Waals surface area contributed by atoms with E-state index in [1.165, 1.54) is 0 Å². The maximum Gasteiger partial charge on any atom is 1.00 e. The number of amides is 4. The topological polar surface area (TPSA) is 447 Å². The van der Waals surface area contributed by atoms with Gasteiger partial charge in [-0.1, -0.05) is 145 Å². The molecule has 2 aromatic heterocycles. The van der Waals surface area contributed by atoms with E-state index in [4.69, 9.17) is 11.5 Å². The fourth-order valence-corrected chi connectivity index (χ4v) is 17.0. The van der Waals surface area contributed by atoms with Gasteiger partial charge in [0.2, 0.25) is 55.0 Å². The van der Waals surface area contributed by atoms with Crippen LogP contribution in [0, 0.1) is 10.8 Å². The van der Waals surface area contributed by atoms with E-state index in [0.29, 0.717) is 86.7 Å². The number of sulfonamides is 2. The minimum Gasteiger partial charge on any atom is -0.548 e. The second kappa shape index (κ2) is 37.5. The molecule has 520 valence electrons. The molecule has 32 heteroatoms. The Balaban J connectivity index is 0.000000347. The Morgan fingerprint density at radius 2 is 0.857 bits per heavy atom. The number of H-pyrrole nitrogens is 2. The minimum absolute atomic E-state index is 0. The van der Waals surface area contributed by atoms with Crippen molar-refractivity contribution in [3.63, 3.8) is 0 Å². The Labute approximate surface area is 598 Å². The van der Waals surface area contributed by atoms with Crippen LogP contribution in [0.25, 0.3) is 21.8 Å². The molecule has 2 saturated carbocycles. The van der Waals surface area contributed by atoms with Crippen LogP contribution in [0.15, 0.2) is 122 Å². The minimum atomic E-state index is -3.86. The number of carboxylic acids is 2. The van der Waals surface area contributed by atoms with Crippen molar-refractivity contribution in [3.05, 3.63) is 144 Å². The van der Waals surface area contributed by atoms with Gasteiger partial charge in [-0.05, 0) is 98.8 Å². The van der Waals surface area contributed by atoms with Crippen LogP contribution < -0.4 is 90.1 Å². The summed E-state index contributed by atoms with van der Waals surface area (Å²) in [5.74, 6) is -6.20. The zero-order valence-corrected chi connectivity index (χ0v) is 59.4. The molecule has 4 amide bonds. The molecule has 14 N–H and O–H groups in total. The van der Waals surface area contributed by atoms with Crippen LogP contribution in [0.1, 0.15) is 112 Å². The van der Waals surface area contributed by atoms with Crippen LogP contribution in [-0.4, -0.2) is 145 Å². The third-order valence-electron chi connectivity index (χ3n) is 18.1. The number of unbranched alkanes of at least 4 members (excludes halogenated alkanes) is 2. The number of benzene rings is 4. The largest absolute Gasteiger partial charge is 1.00 e. The van der Waals surface area contributed by atoms with Gasteiger partial charge in [0.1, 0.15) is 22.9 Å². The van der Waals surface area contributed by atoms with E-state index in [2.05, 4.69) is 40.7 Å². The summed E-state index contributed by atoms with van der Waals surface area (Å²) in [4.78, 5) is 87.0. The predicted octanol–water partition coefficient (Wildman–Crippen LogP) is -4.01. The maximum absolute atomic E-state index is 14.3. The number of nitrogens with one attached hydrogen (secondary N) is 8. The molecule has 10 atom stereocenters. The number of hydrogen-bond acceptors (Lipinski definition) is 18. The summed E-state index contributed by atoms with van der Waals surface area (Å²) >= 11 is 0. The molecule has 0 aliphatic heterocycles. The van der Waals surface area contributed by atoms with Gasteiger partial charge in [0.25, 0.3) is 0 Å². The number of aromatic nitrogens is 2. The number of carboxylic acid groups (broad SMARTS) is 2. The van der Waals surface area contributed by atoms with E-state index in [0.717, 1.165) is 34.3 Å². The first kappa shape index (κ1) is 82.5. The molecule has 4 unspecified atom stereocenters. The second-order valence-electron chi connectivity index (χ2n) is 25.3. The molecule has 0 saturated heterocycles. The molecule has 2 aliphatic carbocycles. The maximum atomic E-state index is 14.3. The van der Waals surface area contributed by atoms with Crippen LogP contribution in [0.5, 0.6) is 0 Å². The van der Waals surface area contributed by atoms with E-state index >= 15 is 0 Å². The number of carbonyl (C=O) groups is 6. The van der Waals surface area contributed by atoms with Crippen molar-refractivity contribution >= 4 is 94.3 Å². The fraction of sp³-hybridized carbons (Fsp3) is 0.485. The summed E-state index contributed by atoms with van der Waals surface area (Å²) in [6.07, 6.45) is 9.26. The number of hydrogen-bond donors (Lipinski definition) is 12. The summed E-state index contributed by atoms with van der Waals surface area (Å²) in [5, 5.41) is 61.6. The molecule has 6 aromatic rings. The van der Waals surface area contributed by atoms with Crippen molar-refractivity contribution in [1.29, 1.82) is 0 Å². The molecular weight excluding hydrogens is 1330 g/mol. The Morgan fingerprint density at radius 3 is 1.16 bits per heavy atom. The molecule has 2 fully saturated rings. The van der Waals surface area contributed by atoms with Crippen molar-refractivity contribution in [2.75, 3.05) is 25.6 Å². The van der Waals surface area contributed by atoms with Crippen LogP contribution in [0.2, 0.25) is 0 Å². The number of rotatable bonds is 36. The third kappa shape index (κ3) is 21.9. The van der Waals surface area contributed by atoms with Crippen molar-refractivity contribution in [2.24, 2.45) is 22.3 Å². The first-order chi connectivity index (χ1) is 45.6. The van der Waals surface area contributed by atoms with Gasteiger partial charge in [-0.3, -0.25) is 19.2 Å². The molecule has 0 spiro atoms. The molecule has 0 bridgehead atoms. The average Bonchev–Trinajstić information content (AvgIpc) is 1.26. The third-order valence-corrected chi connectivity index (χ3v) is 22.1. The van der Waals surface area contributed by atoms with Crippen molar-refractivity contribution in [2.45, 2.75) is 163 Å². The summed E-state index contributed by atoms with van der Waals surface area (Å²) in [6, 6.07) is 26.4. The molecule has 8 rings (SSSR count). The Hall–Kier alpha value is -6.17. The molecule has 0 radical (unpaired) electrons. The predicted molar refractivity (Wildman–Crippen MR) is 361 cm³/mol. The van der Waals surface area contributed by atoms with E-state index in [-0.39, 0.29) is 102 Å². The number of aliphatic carboxylic acids is 2. The van der Waals surface area contributed by atoms with Gasteiger partial charge in [0.05, 0.1) is 36.5 Å². The van der Waals surface area contributed by atoms with Gasteiger partial charge in [0, 0.05) is 59.9 Å². The number of nitrogens with two attached hydrogens (primary N) is 2. The Bertz CT molecular complexity index is 3660. The zero-order valence-electron chi connectivity index (χ0n) is 55.7. The van der Waals surface area contributed by atoms with Crippen LogP contribution in [-0.2, 0) is 83.6 Å². The van der Waals surface area contributed by atoms with Crippen LogP contribution in [0.4, 0.5) is 0 Å². The summed E-state index contributed by atoms with van der Waals surface area (Å²) in [7, 11) is -10.3. The van der Waals surface area contributed by atoms with Gasteiger partial charge in [-0.15, -0.1) is 0 Å². The summed E-state index contributed by atoms with van der Waals surface area (Å²) in [6.45, 7) is 0.657. The number of fused-ring (bicyclic) bond motifs is 2. The van der Waals surface area contributed by atoms with Crippen molar-refractivity contribution in [1.82, 2.24) is 40.7 Å². The first-order valence-electron chi connectivity index (χ1n) is 32.0. The molecule has 4 aromatic carbocycles. The molecule has 26 nitrogen and oxygen atoms in total. The van der Waals surface area contributed by atoms with Crippen LogP contribution >= 0.6 is 16.9 Å². The van der Waals surface area contributed by atoms with Crippen LogP contribution in [0.3, 0.4) is 0 Å². The monoisotopic (exact) mass is 1420 g/mol. The SMILES string of the molecule is CS(=O)(=O)N[C@@H](CCCCN)C(=O)N[C@@](O)(Cc1ccccc1)C([PH+]=O)C1(C(=O)N[C@@H](Cc2c[nH]c3ccccc23)C(=O)[O-])CCCC1.CS(=O)(=O)N[C@@H](CCCCN)C(=O)N[C@@](O)(Cc1ccccc1)C([PH+]=O)C1(C(=O)N[C@@H](Cc2c[nH]c3ccccc23)C(=O)[O-])CCCC1.[Li+].[Li+].